The second-order valence-electron chi connectivity index (χ2n) is 6.22. The maximum atomic E-state index is 12.8. The van der Waals surface area contributed by atoms with Crippen LogP contribution in [-0.2, 0) is 19.1 Å². The van der Waals surface area contributed by atoms with Gasteiger partial charge in [0.1, 0.15) is 0 Å². The van der Waals surface area contributed by atoms with Crippen molar-refractivity contribution in [3.8, 4) is 0 Å². The number of hydrogen-bond acceptors (Lipinski definition) is 5. The number of ether oxygens (including phenoxy) is 1. The number of anilines is 1. The van der Waals surface area contributed by atoms with Crippen molar-refractivity contribution >= 4 is 46.7 Å². The molecule has 134 valence electrons. The van der Waals surface area contributed by atoms with E-state index < -0.39 is 6.04 Å². The van der Waals surface area contributed by atoms with E-state index in [9.17, 15) is 14.4 Å². The first-order chi connectivity index (χ1) is 11.9. The van der Waals surface area contributed by atoms with Crippen molar-refractivity contribution in [3.63, 3.8) is 0 Å². The van der Waals surface area contributed by atoms with E-state index in [-0.39, 0.29) is 30.1 Å². The number of hydrogen-bond donors (Lipinski definition) is 0. The third-order valence-electron chi connectivity index (χ3n) is 4.79. The molecule has 25 heavy (non-hydrogen) atoms. The van der Waals surface area contributed by atoms with E-state index >= 15 is 0 Å². The Kier molecular flexibility index (Phi) is 5.32. The van der Waals surface area contributed by atoms with Crippen molar-refractivity contribution in [2.45, 2.75) is 25.3 Å². The van der Waals surface area contributed by atoms with Gasteiger partial charge in [-0.25, -0.2) is 4.90 Å². The summed E-state index contributed by atoms with van der Waals surface area (Å²) in [4.78, 5) is 39.9. The van der Waals surface area contributed by atoms with Gasteiger partial charge in [0.15, 0.2) is 0 Å². The number of piperidine rings is 1. The van der Waals surface area contributed by atoms with Crippen LogP contribution in [-0.4, -0.2) is 48.9 Å². The first-order valence-electron chi connectivity index (χ1n) is 8.06. The molecule has 2 fully saturated rings. The molecule has 0 spiro atoms. The van der Waals surface area contributed by atoms with E-state index in [1.54, 1.807) is 12.1 Å². The molecular weight excluding hydrogens is 367 g/mol. The molecule has 0 aromatic heterocycles. The molecular formula is C17H18Cl2N2O4. The molecule has 3 rings (SSSR count). The van der Waals surface area contributed by atoms with Crippen LogP contribution in [0.5, 0.6) is 0 Å². The first-order valence-corrected chi connectivity index (χ1v) is 8.81. The number of amides is 2. The van der Waals surface area contributed by atoms with Gasteiger partial charge in [-0.3, -0.25) is 19.3 Å². The summed E-state index contributed by atoms with van der Waals surface area (Å²) >= 11 is 11.9. The number of esters is 1. The van der Waals surface area contributed by atoms with Crippen LogP contribution in [0.4, 0.5) is 5.69 Å². The molecule has 0 unspecified atom stereocenters. The van der Waals surface area contributed by atoms with Crippen molar-refractivity contribution < 1.29 is 19.1 Å². The quantitative estimate of drug-likeness (QED) is 0.591. The largest absolute Gasteiger partial charge is 0.469 e. The number of imide groups is 1. The Morgan fingerprint density at radius 3 is 2.44 bits per heavy atom. The minimum atomic E-state index is -0.499. The highest BCUT2D eigenvalue weighted by molar-refractivity contribution is 6.42. The van der Waals surface area contributed by atoms with E-state index in [0.29, 0.717) is 41.7 Å². The van der Waals surface area contributed by atoms with Gasteiger partial charge in [0.25, 0.3) is 5.91 Å². The molecule has 1 atom stereocenters. The van der Waals surface area contributed by atoms with Gasteiger partial charge in [0, 0.05) is 0 Å². The summed E-state index contributed by atoms with van der Waals surface area (Å²) in [5, 5.41) is 0.660. The molecule has 0 N–H and O–H groups in total. The molecule has 0 bridgehead atoms. The summed E-state index contributed by atoms with van der Waals surface area (Å²) in [6.45, 7) is 1.16. The number of benzene rings is 1. The number of carbonyl (C=O) groups is 3. The second-order valence-corrected chi connectivity index (χ2v) is 7.03. The molecule has 8 heteroatoms. The lowest BCUT2D eigenvalue weighted by atomic mass is 9.95. The molecule has 2 saturated heterocycles. The predicted molar refractivity (Wildman–Crippen MR) is 93.7 cm³/mol. The van der Waals surface area contributed by atoms with Gasteiger partial charge in [-0.1, -0.05) is 23.2 Å². The third-order valence-corrected chi connectivity index (χ3v) is 5.53. The summed E-state index contributed by atoms with van der Waals surface area (Å²) in [7, 11) is 1.38. The van der Waals surface area contributed by atoms with Gasteiger partial charge in [-0.2, -0.15) is 0 Å². The molecule has 1 aromatic carbocycles. The number of halogens is 2. The first kappa shape index (κ1) is 18.2. The van der Waals surface area contributed by atoms with E-state index in [1.807, 2.05) is 4.90 Å². The molecule has 2 amide bonds. The summed E-state index contributed by atoms with van der Waals surface area (Å²) < 4.78 is 4.77. The number of rotatable bonds is 3. The molecule has 0 saturated carbocycles. The SMILES string of the molecule is COC(=O)C1CCN([C@@H]2CC(=O)N(c3ccc(Cl)c(Cl)c3)C2=O)CC1. The van der Waals surface area contributed by atoms with E-state index in [1.165, 1.54) is 18.1 Å². The van der Waals surface area contributed by atoms with Gasteiger partial charge >= 0.3 is 5.97 Å². The molecule has 2 aliphatic heterocycles. The Morgan fingerprint density at radius 2 is 1.84 bits per heavy atom. The Balaban J connectivity index is 1.71. The summed E-state index contributed by atoms with van der Waals surface area (Å²) in [5.41, 5.74) is 0.427. The lowest BCUT2D eigenvalue weighted by Crippen LogP contribution is -2.46. The highest BCUT2D eigenvalue weighted by Crippen LogP contribution is 2.32. The van der Waals surface area contributed by atoms with Crippen LogP contribution in [0.3, 0.4) is 0 Å². The minimum Gasteiger partial charge on any atom is -0.469 e. The van der Waals surface area contributed by atoms with Gasteiger partial charge in [-0.15, -0.1) is 0 Å². The second kappa shape index (κ2) is 7.32. The van der Waals surface area contributed by atoms with Crippen LogP contribution in [0.15, 0.2) is 18.2 Å². The average Bonchev–Trinajstić information content (AvgIpc) is 2.91. The zero-order valence-corrected chi connectivity index (χ0v) is 15.2. The van der Waals surface area contributed by atoms with Crippen molar-refractivity contribution in [2.24, 2.45) is 5.92 Å². The maximum absolute atomic E-state index is 12.8. The van der Waals surface area contributed by atoms with Crippen molar-refractivity contribution in [3.05, 3.63) is 28.2 Å². The Bertz CT molecular complexity index is 717. The monoisotopic (exact) mass is 384 g/mol. The van der Waals surface area contributed by atoms with Gasteiger partial charge in [0.05, 0.1) is 41.2 Å². The Hall–Kier alpha value is -1.63. The highest BCUT2D eigenvalue weighted by atomic mass is 35.5. The predicted octanol–water partition coefficient (Wildman–Crippen LogP) is 2.51. The van der Waals surface area contributed by atoms with Crippen LogP contribution >= 0.6 is 23.2 Å². The van der Waals surface area contributed by atoms with Gasteiger partial charge in [0.2, 0.25) is 5.91 Å². The topological polar surface area (TPSA) is 66.9 Å². The zero-order chi connectivity index (χ0) is 18.1. The fourth-order valence-electron chi connectivity index (χ4n) is 3.41. The van der Waals surface area contributed by atoms with E-state index in [0.717, 1.165) is 0 Å². The van der Waals surface area contributed by atoms with Crippen LogP contribution in [0.2, 0.25) is 10.0 Å². The minimum absolute atomic E-state index is 0.127. The summed E-state index contributed by atoms with van der Waals surface area (Å²) in [5.74, 6) is -0.881. The fraction of sp³-hybridized carbons (Fsp3) is 0.471. The zero-order valence-electron chi connectivity index (χ0n) is 13.7. The Morgan fingerprint density at radius 1 is 1.16 bits per heavy atom. The third kappa shape index (κ3) is 3.52. The maximum Gasteiger partial charge on any atom is 0.308 e. The average molecular weight is 385 g/mol. The van der Waals surface area contributed by atoms with Crippen molar-refractivity contribution in [2.75, 3.05) is 25.1 Å². The van der Waals surface area contributed by atoms with Gasteiger partial charge < -0.3 is 4.74 Å². The smallest absolute Gasteiger partial charge is 0.308 e. The molecule has 0 radical (unpaired) electrons. The molecule has 1 aromatic rings. The number of nitrogens with zero attached hydrogens (tertiary/aromatic N) is 2. The van der Waals surface area contributed by atoms with Crippen LogP contribution < -0.4 is 4.90 Å². The fourth-order valence-corrected chi connectivity index (χ4v) is 3.70. The van der Waals surface area contributed by atoms with Crippen molar-refractivity contribution in [1.82, 2.24) is 4.90 Å². The standard InChI is InChI=1S/C17H18Cl2N2O4/c1-25-17(24)10-4-6-20(7-5-10)14-9-15(22)21(16(14)23)11-2-3-12(18)13(19)8-11/h2-3,8,10,14H,4-7,9H2,1H3/t14-/m1/s1. The Labute approximate surface area is 155 Å². The van der Waals surface area contributed by atoms with Crippen LogP contribution in [0.25, 0.3) is 0 Å². The normalized spacial score (nSPS) is 22.5. The van der Waals surface area contributed by atoms with Crippen LogP contribution in [0, 0.1) is 5.92 Å². The lowest BCUT2D eigenvalue weighted by molar-refractivity contribution is -0.147. The number of methoxy groups -OCH3 is 1. The lowest BCUT2D eigenvalue weighted by Gasteiger charge is -2.33. The number of likely N-dealkylation sites (tertiary alicyclic amines) is 1. The molecule has 2 heterocycles. The van der Waals surface area contributed by atoms with Crippen LogP contribution in [0.1, 0.15) is 19.3 Å². The molecule has 0 aliphatic carbocycles. The summed E-state index contributed by atoms with van der Waals surface area (Å²) in [6.07, 6.45) is 1.37. The van der Waals surface area contributed by atoms with E-state index in [4.69, 9.17) is 27.9 Å². The molecule has 6 nitrogen and oxygen atoms in total. The van der Waals surface area contributed by atoms with Crippen molar-refractivity contribution in [1.29, 1.82) is 0 Å². The summed E-state index contributed by atoms with van der Waals surface area (Å²) in [6, 6.07) is 4.19. The van der Waals surface area contributed by atoms with E-state index in [2.05, 4.69) is 0 Å². The number of carbonyl (C=O) groups excluding carboxylic acids is 3. The highest BCUT2D eigenvalue weighted by Gasteiger charge is 2.44. The van der Waals surface area contributed by atoms with Gasteiger partial charge in [-0.05, 0) is 44.1 Å². The molecule has 2 aliphatic rings.